The minimum Gasteiger partial charge on any atom is -0.489 e. The molecule has 0 fully saturated rings. The van der Waals surface area contributed by atoms with E-state index in [4.69, 9.17) is 4.74 Å². The van der Waals surface area contributed by atoms with Gasteiger partial charge in [-0.3, -0.25) is 0 Å². The Morgan fingerprint density at radius 1 is 0.969 bits per heavy atom. The van der Waals surface area contributed by atoms with Crippen molar-refractivity contribution in [3.05, 3.63) is 89.7 Å². The van der Waals surface area contributed by atoms with Crippen molar-refractivity contribution >= 4 is 21.7 Å². The maximum atomic E-state index is 13.3. The second-order valence-electron chi connectivity index (χ2n) is 7.19. The van der Waals surface area contributed by atoms with Gasteiger partial charge in [-0.2, -0.15) is 0 Å². The van der Waals surface area contributed by atoms with E-state index in [1.54, 1.807) is 48.5 Å². The highest BCUT2D eigenvalue weighted by Crippen LogP contribution is 2.19. The van der Waals surface area contributed by atoms with Crippen LogP contribution in [0.25, 0.3) is 0 Å². The highest BCUT2D eigenvalue weighted by molar-refractivity contribution is 7.89. The van der Waals surface area contributed by atoms with E-state index in [0.29, 0.717) is 17.0 Å². The lowest BCUT2D eigenvalue weighted by Gasteiger charge is -2.12. The number of urea groups is 1. The smallest absolute Gasteiger partial charge is 0.319 e. The SMILES string of the molecule is CN(C)S(=O)(=O)c1ccc(CNC(=O)Nc2cccc(OCc3cccc(F)c3)c2)cc1. The molecule has 0 unspecified atom stereocenters. The number of halogens is 1. The van der Waals surface area contributed by atoms with E-state index < -0.39 is 16.1 Å². The van der Waals surface area contributed by atoms with Gasteiger partial charge in [0, 0.05) is 32.4 Å². The van der Waals surface area contributed by atoms with Crippen LogP contribution in [-0.2, 0) is 23.2 Å². The molecule has 0 bridgehead atoms. The molecule has 0 saturated heterocycles. The van der Waals surface area contributed by atoms with Crippen LogP contribution in [0.5, 0.6) is 5.75 Å². The fourth-order valence-electron chi connectivity index (χ4n) is 2.80. The number of amides is 2. The number of ether oxygens (including phenoxy) is 1. The summed E-state index contributed by atoms with van der Waals surface area (Å²) in [6.45, 7) is 0.427. The summed E-state index contributed by atoms with van der Waals surface area (Å²) < 4.78 is 44.3. The first kappa shape index (κ1) is 23.2. The quantitative estimate of drug-likeness (QED) is 0.536. The van der Waals surface area contributed by atoms with Crippen molar-refractivity contribution in [3.63, 3.8) is 0 Å². The number of nitrogens with zero attached hydrogens (tertiary/aromatic N) is 1. The highest BCUT2D eigenvalue weighted by Gasteiger charge is 2.16. The fourth-order valence-corrected chi connectivity index (χ4v) is 3.71. The van der Waals surface area contributed by atoms with Gasteiger partial charge in [-0.15, -0.1) is 0 Å². The van der Waals surface area contributed by atoms with E-state index in [1.165, 1.54) is 38.4 Å². The number of rotatable bonds is 8. The van der Waals surface area contributed by atoms with Gasteiger partial charge in [0.05, 0.1) is 4.90 Å². The summed E-state index contributed by atoms with van der Waals surface area (Å²) in [5.41, 5.74) is 1.99. The zero-order chi connectivity index (χ0) is 23.1. The van der Waals surface area contributed by atoms with Gasteiger partial charge in [-0.25, -0.2) is 21.9 Å². The lowest BCUT2D eigenvalue weighted by Crippen LogP contribution is -2.28. The third-order valence-electron chi connectivity index (χ3n) is 4.54. The number of nitrogens with one attached hydrogen (secondary N) is 2. The molecule has 3 aromatic rings. The molecule has 0 spiro atoms. The summed E-state index contributed by atoms with van der Waals surface area (Å²) in [4.78, 5) is 12.4. The van der Waals surface area contributed by atoms with Gasteiger partial charge in [0.25, 0.3) is 0 Å². The van der Waals surface area contributed by atoms with Gasteiger partial charge in [0.15, 0.2) is 0 Å². The summed E-state index contributed by atoms with van der Waals surface area (Å²) in [5, 5.41) is 5.44. The van der Waals surface area contributed by atoms with Gasteiger partial charge in [0.2, 0.25) is 10.0 Å². The molecule has 0 atom stereocenters. The van der Waals surface area contributed by atoms with Crippen molar-refractivity contribution in [3.8, 4) is 5.75 Å². The van der Waals surface area contributed by atoms with Gasteiger partial charge >= 0.3 is 6.03 Å². The number of anilines is 1. The van der Waals surface area contributed by atoms with Crippen molar-refractivity contribution < 1.29 is 22.3 Å². The molecular formula is C23H24FN3O4S. The minimum atomic E-state index is -3.49. The van der Waals surface area contributed by atoms with Crippen molar-refractivity contribution in [1.82, 2.24) is 9.62 Å². The molecule has 2 N–H and O–H groups in total. The minimum absolute atomic E-state index is 0.186. The zero-order valence-corrected chi connectivity index (χ0v) is 18.5. The first-order valence-corrected chi connectivity index (χ1v) is 11.2. The molecular weight excluding hydrogens is 433 g/mol. The van der Waals surface area contributed by atoms with E-state index >= 15 is 0 Å². The van der Waals surface area contributed by atoms with Crippen LogP contribution in [0.2, 0.25) is 0 Å². The van der Waals surface area contributed by atoms with Gasteiger partial charge < -0.3 is 15.4 Å². The molecule has 168 valence electrons. The second kappa shape index (κ2) is 10.3. The molecule has 0 aliphatic rings. The van der Waals surface area contributed by atoms with E-state index in [2.05, 4.69) is 10.6 Å². The Bertz CT molecular complexity index is 1180. The average molecular weight is 458 g/mol. The lowest BCUT2D eigenvalue weighted by molar-refractivity contribution is 0.251. The van der Waals surface area contributed by atoms with Crippen molar-refractivity contribution in [2.45, 2.75) is 18.0 Å². The molecule has 2 amide bonds. The first-order valence-electron chi connectivity index (χ1n) is 9.78. The molecule has 0 heterocycles. The van der Waals surface area contributed by atoms with E-state index in [1.807, 2.05) is 0 Å². The Hall–Kier alpha value is -3.43. The maximum absolute atomic E-state index is 13.3. The predicted molar refractivity (Wildman–Crippen MR) is 120 cm³/mol. The maximum Gasteiger partial charge on any atom is 0.319 e. The van der Waals surface area contributed by atoms with E-state index in [9.17, 15) is 17.6 Å². The highest BCUT2D eigenvalue weighted by atomic mass is 32.2. The molecule has 3 aromatic carbocycles. The topological polar surface area (TPSA) is 87.7 Å². The average Bonchev–Trinajstić information content (AvgIpc) is 2.77. The number of hydrogen-bond donors (Lipinski definition) is 2. The molecule has 0 aromatic heterocycles. The van der Waals surface area contributed by atoms with Crippen LogP contribution in [0.15, 0.2) is 77.7 Å². The van der Waals surface area contributed by atoms with E-state index in [-0.39, 0.29) is 23.9 Å². The number of carbonyl (C=O) groups excluding carboxylic acids is 1. The van der Waals surface area contributed by atoms with Crippen LogP contribution < -0.4 is 15.4 Å². The second-order valence-corrected chi connectivity index (χ2v) is 9.34. The van der Waals surface area contributed by atoms with Crippen LogP contribution >= 0.6 is 0 Å². The Labute approximate surface area is 186 Å². The third kappa shape index (κ3) is 6.29. The van der Waals surface area contributed by atoms with Crippen LogP contribution in [0, 0.1) is 5.82 Å². The van der Waals surface area contributed by atoms with Gasteiger partial charge in [0.1, 0.15) is 18.2 Å². The predicted octanol–water partition coefficient (Wildman–Crippen LogP) is 3.98. The van der Waals surface area contributed by atoms with Crippen LogP contribution in [0.1, 0.15) is 11.1 Å². The molecule has 9 heteroatoms. The Morgan fingerprint density at radius 2 is 1.69 bits per heavy atom. The normalized spacial score (nSPS) is 11.2. The molecule has 0 aliphatic heterocycles. The number of sulfonamides is 1. The standard InChI is InChI=1S/C23H24FN3O4S/c1-27(2)32(29,30)22-11-9-17(10-12-22)15-25-23(28)26-20-7-4-8-21(14-20)31-16-18-5-3-6-19(24)13-18/h3-14H,15-16H2,1-2H3,(H2,25,26,28). The number of carbonyl (C=O) groups is 1. The largest absolute Gasteiger partial charge is 0.489 e. The Kier molecular flexibility index (Phi) is 7.45. The molecule has 7 nitrogen and oxygen atoms in total. The van der Waals surface area contributed by atoms with Crippen molar-refractivity contribution in [2.24, 2.45) is 0 Å². The number of benzene rings is 3. The lowest BCUT2D eigenvalue weighted by atomic mass is 10.2. The van der Waals surface area contributed by atoms with Gasteiger partial charge in [-0.05, 0) is 47.5 Å². The van der Waals surface area contributed by atoms with Gasteiger partial charge in [-0.1, -0.05) is 30.3 Å². The molecule has 0 saturated carbocycles. The first-order chi connectivity index (χ1) is 15.2. The monoisotopic (exact) mass is 457 g/mol. The molecule has 0 radical (unpaired) electrons. The fraction of sp³-hybridized carbons (Fsp3) is 0.174. The summed E-state index contributed by atoms with van der Waals surface area (Å²) >= 11 is 0. The summed E-state index contributed by atoms with van der Waals surface area (Å²) in [7, 11) is -0.553. The molecule has 3 rings (SSSR count). The number of hydrogen-bond acceptors (Lipinski definition) is 4. The van der Waals surface area contributed by atoms with Crippen LogP contribution in [-0.4, -0.2) is 32.8 Å². The van der Waals surface area contributed by atoms with Crippen LogP contribution in [0.4, 0.5) is 14.9 Å². The molecule has 0 aliphatic carbocycles. The summed E-state index contributed by atoms with van der Waals surface area (Å²) in [6, 6.07) is 18.9. The summed E-state index contributed by atoms with van der Waals surface area (Å²) in [6.07, 6.45) is 0. The van der Waals surface area contributed by atoms with Crippen LogP contribution in [0.3, 0.4) is 0 Å². The Morgan fingerprint density at radius 3 is 2.38 bits per heavy atom. The van der Waals surface area contributed by atoms with Crippen molar-refractivity contribution in [1.29, 1.82) is 0 Å². The third-order valence-corrected chi connectivity index (χ3v) is 6.37. The zero-order valence-electron chi connectivity index (χ0n) is 17.7. The van der Waals surface area contributed by atoms with E-state index in [0.717, 1.165) is 9.87 Å². The Balaban J connectivity index is 1.52. The summed E-state index contributed by atoms with van der Waals surface area (Å²) in [5.74, 6) is 0.205. The molecule has 32 heavy (non-hydrogen) atoms. The van der Waals surface area contributed by atoms with Crippen molar-refractivity contribution in [2.75, 3.05) is 19.4 Å².